The average Bonchev–Trinajstić information content (AvgIpc) is 2.26. The van der Waals surface area contributed by atoms with E-state index in [-0.39, 0.29) is 11.8 Å². The Morgan fingerprint density at radius 2 is 1.90 bits per heavy atom. The molecule has 1 atom stereocenters. The van der Waals surface area contributed by atoms with Crippen LogP contribution in [-0.4, -0.2) is 14.5 Å². The fourth-order valence-electron chi connectivity index (χ4n) is 2.09. The van der Waals surface area contributed by atoms with E-state index in [9.17, 15) is 12.8 Å². The Hall–Kier alpha value is -0.940. The third kappa shape index (κ3) is 7.01. The molecule has 5 heteroatoms. The van der Waals surface area contributed by atoms with E-state index in [0.29, 0.717) is 11.5 Å². The highest BCUT2D eigenvalue weighted by Gasteiger charge is 2.15. The molecule has 0 radical (unpaired) electrons. The number of halogens is 1. The van der Waals surface area contributed by atoms with Crippen LogP contribution >= 0.6 is 0 Å². The number of sulfonamides is 1. The zero-order valence-electron chi connectivity index (χ0n) is 12.4. The minimum Gasteiger partial charge on any atom is -0.212 e. The van der Waals surface area contributed by atoms with Crippen molar-refractivity contribution in [1.29, 1.82) is 0 Å². The summed E-state index contributed by atoms with van der Waals surface area (Å²) in [6.07, 6.45) is 2.91. The van der Waals surface area contributed by atoms with E-state index in [1.807, 2.05) is 6.92 Å². The van der Waals surface area contributed by atoms with Crippen molar-refractivity contribution in [2.24, 2.45) is 5.92 Å². The van der Waals surface area contributed by atoms with Gasteiger partial charge in [0, 0.05) is 6.04 Å². The molecule has 114 valence electrons. The van der Waals surface area contributed by atoms with Gasteiger partial charge in [-0.3, -0.25) is 0 Å². The number of benzene rings is 1. The van der Waals surface area contributed by atoms with E-state index in [2.05, 4.69) is 18.6 Å². The highest BCUT2D eigenvalue weighted by atomic mass is 32.2. The smallest absolute Gasteiger partial charge is 0.212 e. The van der Waals surface area contributed by atoms with Crippen LogP contribution in [-0.2, 0) is 15.8 Å². The lowest BCUT2D eigenvalue weighted by Gasteiger charge is -2.15. The second-order valence-electron chi connectivity index (χ2n) is 5.73. The molecule has 0 aliphatic carbocycles. The van der Waals surface area contributed by atoms with Gasteiger partial charge < -0.3 is 0 Å². The van der Waals surface area contributed by atoms with Crippen LogP contribution in [0.25, 0.3) is 0 Å². The van der Waals surface area contributed by atoms with Gasteiger partial charge in [-0.1, -0.05) is 38.8 Å². The fourth-order valence-corrected chi connectivity index (χ4v) is 3.52. The van der Waals surface area contributed by atoms with Crippen molar-refractivity contribution in [3.05, 3.63) is 35.6 Å². The second kappa shape index (κ2) is 7.74. The number of rotatable bonds is 8. The molecule has 1 rings (SSSR count). The molecule has 0 heterocycles. The van der Waals surface area contributed by atoms with Gasteiger partial charge in [0.1, 0.15) is 5.82 Å². The molecule has 20 heavy (non-hydrogen) atoms. The zero-order valence-corrected chi connectivity index (χ0v) is 13.2. The van der Waals surface area contributed by atoms with Crippen molar-refractivity contribution in [2.45, 2.75) is 51.8 Å². The molecule has 1 N–H and O–H groups in total. The number of hydrogen-bond donors (Lipinski definition) is 1. The lowest BCUT2D eigenvalue weighted by atomic mass is 10.0. The predicted octanol–water partition coefficient (Wildman–Crippen LogP) is 3.46. The van der Waals surface area contributed by atoms with Gasteiger partial charge in [-0.15, -0.1) is 0 Å². The summed E-state index contributed by atoms with van der Waals surface area (Å²) in [5, 5.41) is 0. The normalized spacial score (nSPS) is 13.7. The van der Waals surface area contributed by atoms with Crippen LogP contribution in [0.4, 0.5) is 4.39 Å². The van der Waals surface area contributed by atoms with Crippen molar-refractivity contribution in [2.75, 3.05) is 0 Å². The number of nitrogens with one attached hydrogen (secondary N) is 1. The van der Waals surface area contributed by atoms with Gasteiger partial charge in [-0.2, -0.15) is 0 Å². The zero-order chi connectivity index (χ0) is 15.2. The van der Waals surface area contributed by atoms with Gasteiger partial charge >= 0.3 is 0 Å². The Kier molecular flexibility index (Phi) is 6.62. The quantitative estimate of drug-likeness (QED) is 0.799. The molecule has 3 nitrogen and oxygen atoms in total. The third-order valence-electron chi connectivity index (χ3n) is 3.05. The minimum atomic E-state index is -3.42. The van der Waals surface area contributed by atoms with E-state index in [1.54, 1.807) is 6.07 Å². The topological polar surface area (TPSA) is 46.2 Å². The standard InChI is InChI=1S/C15H24FNO2S/c1-12(2)6-4-7-13(3)17-20(18,19)11-14-8-5-9-15(16)10-14/h5,8-10,12-13,17H,4,6-7,11H2,1-3H3. The van der Waals surface area contributed by atoms with Crippen LogP contribution in [0.1, 0.15) is 45.6 Å². The monoisotopic (exact) mass is 301 g/mol. The lowest BCUT2D eigenvalue weighted by molar-refractivity contribution is 0.488. The minimum absolute atomic E-state index is 0.0905. The van der Waals surface area contributed by atoms with Crippen molar-refractivity contribution < 1.29 is 12.8 Å². The Morgan fingerprint density at radius 1 is 1.20 bits per heavy atom. The molecule has 0 aromatic heterocycles. The molecule has 0 saturated carbocycles. The van der Waals surface area contributed by atoms with Crippen LogP contribution in [0, 0.1) is 11.7 Å². The summed E-state index contributed by atoms with van der Waals surface area (Å²) < 4.78 is 39.6. The summed E-state index contributed by atoms with van der Waals surface area (Å²) in [5.41, 5.74) is 0.465. The van der Waals surface area contributed by atoms with Crippen molar-refractivity contribution in [1.82, 2.24) is 4.72 Å². The van der Waals surface area contributed by atoms with Crippen molar-refractivity contribution in [3.63, 3.8) is 0 Å². The SMILES string of the molecule is CC(C)CCCC(C)NS(=O)(=O)Cc1cccc(F)c1. The molecule has 0 saturated heterocycles. The molecule has 0 aliphatic heterocycles. The Labute approximate surface area is 121 Å². The van der Waals surface area contributed by atoms with Gasteiger partial charge in [-0.25, -0.2) is 17.5 Å². The fraction of sp³-hybridized carbons (Fsp3) is 0.600. The maximum atomic E-state index is 13.0. The number of hydrogen-bond acceptors (Lipinski definition) is 2. The van der Waals surface area contributed by atoms with Gasteiger partial charge in [0.2, 0.25) is 10.0 Å². The molecular formula is C15H24FNO2S. The van der Waals surface area contributed by atoms with E-state index in [0.717, 1.165) is 19.3 Å². The predicted molar refractivity (Wildman–Crippen MR) is 80.3 cm³/mol. The van der Waals surface area contributed by atoms with Crippen LogP contribution in [0.15, 0.2) is 24.3 Å². The summed E-state index contributed by atoms with van der Waals surface area (Å²) >= 11 is 0. The highest BCUT2D eigenvalue weighted by Crippen LogP contribution is 2.11. The van der Waals surface area contributed by atoms with E-state index < -0.39 is 15.8 Å². The van der Waals surface area contributed by atoms with E-state index in [1.165, 1.54) is 18.2 Å². The third-order valence-corrected chi connectivity index (χ3v) is 4.52. The van der Waals surface area contributed by atoms with Crippen molar-refractivity contribution >= 4 is 10.0 Å². The Bertz CT molecular complexity index is 514. The maximum Gasteiger partial charge on any atom is 0.216 e. The first-order chi connectivity index (χ1) is 9.28. The molecule has 0 amide bonds. The lowest BCUT2D eigenvalue weighted by Crippen LogP contribution is -2.33. The van der Waals surface area contributed by atoms with Gasteiger partial charge in [-0.05, 0) is 37.0 Å². The molecule has 1 aromatic carbocycles. The summed E-state index contributed by atoms with van der Waals surface area (Å²) in [7, 11) is -3.42. The molecule has 0 spiro atoms. The summed E-state index contributed by atoms with van der Waals surface area (Å²) in [6, 6.07) is 5.60. The molecule has 0 bridgehead atoms. The van der Waals surface area contributed by atoms with Crippen LogP contribution in [0.5, 0.6) is 0 Å². The summed E-state index contributed by atoms with van der Waals surface area (Å²) in [6.45, 7) is 6.17. The molecule has 1 unspecified atom stereocenters. The molecule has 0 fully saturated rings. The van der Waals surface area contributed by atoms with E-state index in [4.69, 9.17) is 0 Å². The largest absolute Gasteiger partial charge is 0.216 e. The Balaban J connectivity index is 2.48. The summed E-state index contributed by atoms with van der Waals surface area (Å²) in [4.78, 5) is 0. The Morgan fingerprint density at radius 3 is 2.50 bits per heavy atom. The average molecular weight is 301 g/mol. The maximum absolute atomic E-state index is 13.0. The van der Waals surface area contributed by atoms with Gasteiger partial charge in [0.25, 0.3) is 0 Å². The van der Waals surface area contributed by atoms with Crippen LogP contribution in [0.2, 0.25) is 0 Å². The highest BCUT2D eigenvalue weighted by molar-refractivity contribution is 7.88. The van der Waals surface area contributed by atoms with E-state index >= 15 is 0 Å². The first-order valence-electron chi connectivity index (χ1n) is 7.03. The molecular weight excluding hydrogens is 277 g/mol. The summed E-state index contributed by atoms with van der Waals surface area (Å²) in [5.74, 6) is 0.0352. The first kappa shape index (κ1) is 17.1. The molecule has 1 aromatic rings. The van der Waals surface area contributed by atoms with Gasteiger partial charge in [0.05, 0.1) is 5.75 Å². The van der Waals surface area contributed by atoms with Crippen LogP contribution in [0.3, 0.4) is 0 Å². The van der Waals surface area contributed by atoms with Crippen molar-refractivity contribution in [3.8, 4) is 0 Å². The molecule has 0 aliphatic rings. The van der Waals surface area contributed by atoms with Crippen LogP contribution < -0.4 is 4.72 Å². The first-order valence-corrected chi connectivity index (χ1v) is 8.68. The van der Waals surface area contributed by atoms with Gasteiger partial charge in [0.15, 0.2) is 0 Å². The second-order valence-corrected chi connectivity index (χ2v) is 7.49.